The fourth-order valence-electron chi connectivity index (χ4n) is 2.56. The summed E-state index contributed by atoms with van der Waals surface area (Å²) in [7, 11) is 3.94. The molecule has 1 aromatic rings. The number of nitrogens with one attached hydrogen (secondary N) is 2. The summed E-state index contributed by atoms with van der Waals surface area (Å²) in [6, 6.07) is 6.41. The number of carbonyl (C=O) groups excluding carboxylic acids is 1. The van der Waals surface area contributed by atoms with Crippen molar-refractivity contribution in [2.75, 3.05) is 30.9 Å². The molecule has 20 heavy (non-hydrogen) atoms. The van der Waals surface area contributed by atoms with Crippen LogP contribution in [0.2, 0.25) is 0 Å². The zero-order chi connectivity index (χ0) is 14.5. The Balaban J connectivity index is 1.94. The van der Waals surface area contributed by atoms with E-state index in [0.29, 0.717) is 12.6 Å². The van der Waals surface area contributed by atoms with Gasteiger partial charge in [-0.2, -0.15) is 0 Å². The van der Waals surface area contributed by atoms with Crippen LogP contribution in [0.15, 0.2) is 22.7 Å². The number of halogens is 1. The second-order valence-electron chi connectivity index (χ2n) is 5.47. The van der Waals surface area contributed by atoms with Crippen LogP contribution < -0.4 is 15.5 Å². The summed E-state index contributed by atoms with van der Waals surface area (Å²) in [5, 5.41) is 6.31. The molecule has 0 bridgehead atoms. The van der Waals surface area contributed by atoms with Crippen LogP contribution in [-0.2, 0) is 4.79 Å². The number of hydrogen-bond donors (Lipinski definition) is 2. The number of rotatable bonds is 5. The molecule has 1 amide bonds. The number of hydrogen-bond acceptors (Lipinski definition) is 3. The van der Waals surface area contributed by atoms with Gasteiger partial charge >= 0.3 is 0 Å². The monoisotopic (exact) mass is 339 g/mol. The van der Waals surface area contributed by atoms with Gasteiger partial charge in [0, 0.05) is 24.6 Å². The Hall–Kier alpha value is -1.07. The SMILES string of the molecule is CN(C)c1ccc(Br)cc1NC(=O)CNC1CCCC1. The minimum atomic E-state index is 0.0121. The van der Waals surface area contributed by atoms with Gasteiger partial charge in [-0.1, -0.05) is 28.8 Å². The van der Waals surface area contributed by atoms with Crippen molar-refractivity contribution in [2.45, 2.75) is 31.7 Å². The second kappa shape index (κ2) is 7.09. The highest BCUT2D eigenvalue weighted by atomic mass is 79.9. The maximum atomic E-state index is 12.0. The van der Waals surface area contributed by atoms with Crippen LogP contribution in [0.4, 0.5) is 11.4 Å². The molecule has 1 fully saturated rings. The normalized spacial score (nSPS) is 15.3. The molecule has 0 aromatic heterocycles. The van der Waals surface area contributed by atoms with E-state index in [2.05, 4.69) is 26.6 Å². The Bertz CT molecular complexity index is 470. The van der Waals surface area contributed by atoms with E-state index in [9.17, 15) is 4.79 Å². The predicted molar refractivity (Wildman–Crippen MR) is 87.4 cm³/mol. The van der Waals surface area contributed by atoms with Crippen molar-refractivity contribution in [2.24, 2.45) is 0 Å². The van der Waals surface area contributed by atoms with Gasteiger partial charge in [0.15, 0.2) is 0 Å². The third-order valence-corrected chi connectivity index (χ3v) is 4.11. The van der Waals surface area contributed by atoms with Crippen LogP contribution in [0.25, 0.3) is 0 Å². The summed E-state index contributed by atoms with van der Waals surface area (Å²) >= 11 is 3.44. The zero-order valence-electron chi connectivity index (χ0n) is 12.1. The lowest BCUT2D eigenvalue weighted by Gasteiger charge is -2.19. The Morgan fingerprint density at radius 2 is 2.05 bits per heavy atom. The Kier molecular flexibility index (Phi) is 5.43. The van der Waals surface area contributed by atoms with Crippen LogP contribution in [0.1, 0.15) is 25.7 Å². The van der Waals surface area contributed by atoms with Crippen molar-refractivity contribution in [3.8, 4) is 0 Å². The summed E-state index contributed by atoms with van der Waals surface area (Å²) < 4.78 is 0.960. The summed E-state index contributed by atoms with van der Waals surface area (Å²) in [5.74, 6) is 0.0121. The van der Waals surface area contributed by atoms with Crippen molar-refractivity contribution >= 4 is 33.2 Å². The topological polar surface area (TPSA) is 44.4 Å². The van der Waals surface area contributed by atoms with E-state index < -0.39 is 0 Å². The van der Waals surface area contributed by atoms with Crippen molar-refractivity contribution < 1.29 is 4.79 Å². The highest BCUT2D eigenvalue weighted by Gasteiger charge is 2.16. The number of benzene rings is 1. The first-order valence-corrected chi connectivity index (χ1v) is 7.85. The molecule has 0 atom stereocenters. The summed E-state index contributed by atoms with van der Waals surface area (Å²) in [4.78, 5) is 14.0. The Morgan fingerprint density at radius 3 is 2.70 bits per heavy atom. The molecule has 2 rings (SSSR count). The van der Waals surface area contributed by atoms with E-state index in [1.54, 1.807) is 0 Å². The van der Waals surface area contributed by atoms with Crippen molar-refractivity contribution in [3.63, 3.8) is 0 Å². The number of amides is 1. The molecule has 2 N–H and O–H groups in total. The van der Waals surface area contributed by atoms with Crippen molar-refractivity contribution in [3.05, 3.63) is 22.7 Å². The molecule has 1 aliphatic rings. The minimum Gasteiger partial charge on any atom is -0.376 e. The van der Waals surface area contributed by atoms with Gasteiger partial charge in [-0.05, 0) is 31.0 Å². The average Bonchev–Trinajstić information content (AvgIpc) is 2.89. The van der Waals surface area contributed by atoms with Crippen LogP contribution >= 0.6 is 15.9 Å². The molecule has 0 saturated heterocycles. The maximum Gasteiger partial charge on any atom is 0.238 e. The maximum absolute atomic E-state index is 12.0. The molecule has 5 heteroatoms. The first kappa shape index (κ1) is 15.3. The first-order valence-electron chi connectivity index (χ1n) is 7.06. The van der Waals surface area contributed by atoms with Crippen LogP contribution in [0.3, 0.4) is 0 Å². The van der Waals surface area contributed by atoms with Crippen LogP contribution in [0.5, 0.6) is 0 Å². The first-order chi connectivity index (χ1) is 9.56. The lowest BCUT2D eigenvalue weighted by atomic mass is 10.2. The number of carbonyl (C=O) groups is 1. The fraction of sp³-hybridized carbons (Fsp3) is 0.533. The van der Waals surface area contributed by atoms with E-state index in [4.69, 9.17) is 0 Å². The van der Waals surface area contributed by atoms with Crippen molar-refractivity contribution in [1.82, 2.24) is 5.32 Å². The van der Waals surface area contributed by atoms with E-state index >= 15 is 0 Å². The summed E-state index contributed by atoms with van der Waals surface area (Å²) in [6.07, 6.45) is 4.92. The Morgan fingerprint density at radius 1 is 1.35 bits per heavy atom. The molecule has 1 aliphatic carbocycles. The molecule has 0 spiro atoms. The third-order valence-electron chi connectivity index (χ3n) is 3.62. The molecule has 0 radical (unpaired) electrons. The lowest BCUT2D eigenvalue weighted by Crippen LogP contribution is -2.34. The van der Waals surface area contributed by atoms with Gasteiger partial charge in [-0.3, -0.25) is 4.79 Å². The molecule has 4 nitrogen and oxygen atoms in total. The summed E-state index contributed by atoms with van der Waals surface area (Å²) in [5.41, 5.74) is 1.84. The molecular formula is C15H22BrN3O. The van der Waals surface area contributed by atoms with E-state index in [1.165, 1.54) is 25.7 Å². The van der Waals surface area contributed by atoms with Gasteiger partial charge < -0.3 is 15.5 Å². The summed E-state index contributed by atoms with van der Waals surface area (Å²) in [6.45, 7) is 0.379. The van der Waals surface area contributed by atoms with Gasteiger partial charge in [0.05, 0.1) is 17.9 Å². The molecular weight excluding hydrogens is 318 g/mol. The van der Waals surface area contributed by atoms with E-state index in [0.717, 1.165) is 15.8 Å². The van der Waals surface area contributed by atoms with Gasteiger partial charge in [0.25, 0.3) is 0 Å². The lowest BCUT2D eigenvalue weighted by molar-refractivity contribution is -0.115. The largest absolute Gasteiger partial charge is 0.376 e. The number of nitrogens with zero attached hydrogens (tertiary/aromatic N) is 1. The standard InChI is InChI=1S/C15H22BrN3O/c1-19(2)14-8-7-11(16)9-13(14)18-15(20)10-17-12-5-3-4-6-12/h7-9,12,17H,3-6,10H2,1-2H3,(H,18,20). The predicted octanol–water partition coefficient (Wildman–Crippen LogP) is 2.99. The van der Waals surface area contributed by atoms with Gasteiger partial charge in [0.1, 0.15) is 0 Å². The van der Waals surface area contributed by atoms with Crippen LogP contribution in [-0.4, -0.2) is 32.6 Å². The van der Waals surface area contributed by atoms with Crippen LogP contribution in [0, 0.1) is 0 Å². The highest BCUT2D eigenvalue weighted by molar-refractivity contribution is 9.10. The minimum absolute atomic E-state index is 0.0121. The second-order valence-corrected chi connectivity index (χ2v) is 6.38. The van der Waals surface area contributed by atoms with Gasteiger partial charge in [0.2, 0.25) is 5.91 Å². The zero-order valence-corrected chi connectivity index (χ0v) is 13.7. The highest BCUT2D eigenvalue weighted by Crippen LogP contribution is 2.28. The van der Waals surface area contributed by atoms with E-state index in [1.807, 2.05) is 37.2 Å². The van der Waals surface area contributed by atoms with Gasteiger partial charge in [-0.25, -0.2) is 0 Å². The quantitative estimate of drug-likeness (QED) is 0.866. The Labute approximate surface area is 129 Å². The third kappa shape index (κ3) is 4.21. The molecule has 0 aliphatic heterocycles. The molecule has 110 valence electrons. The number of anilines is 2. The molecule has 1 aromatic carbocycles. The van der Waals surface area contributed by atoms with Gasteiger partial charge in [-0.15, -0.1) is 0 Å². The molecule has 0 heterocycles. The van der Waals surface area contributed by atoms with E-state index in [-0.39, 0.29) is 5.91 Å². The molecule has 0 unspecified atom stereocenters. The average molecular weight is 340 g/mol. The fourth-order valence-corrected chi connectivity index (χ4v) is 2.92. The molecule has 1 saturated carbocycles. The smallest absolute Gasteiger partial charge is 0.238 e. The van der Waals surface area contributed by atoms with Crippen molar-refractivity contribution in [1.29, 1.82) is 0 Å².